The lowest BCUT2D eigenvalue weighted by atomic mass is 10.2. The van der Waals surface area contributed by atoms with Gasteiger partial charge in [-0.05, 0) is 38.5 Å². The van der Waals surface area contributed by atoms with Crippen molar-refractivity contribution in [1.29, 1.82) is 0 Å². The molecule has 2 aromatic heterocycles. The Labute approximate surface area is 172 Å². The highest BCUT2D eigenvalue weighted by atomic mass is 35.5. The van der Waals surface area contributed by atoms with Gasteiger partial charge in [-0.3, -0.25) is 14.2 Å². The Hall–Kier alpha value is -2.02. The van der Waals surface area contributed by atoms with Crippen molar-refractivity contribution in [3.8, 4) is 0 Å². The molecule has 0 aliphatic carbocycles. The van der Waals surface area contributed by atoms with Crippen LogP contribution in [0, 0.1) is 13.8 Å². The van der Waals surface area contributed by atoms with E-state index in [2.05, 4.69) is 15.5 Å². The molecule has 3 rings (SSSR count). The van der Waals surface area contributed by atoms with Gasteiger partial charge in [-0.25, -0.2) is 0 Å². The molecule has 0 saturated carbocycles. The van der Waals surface area contributed by atoms with Gasteiger partial charge in [0.15, 0.2) is 5.82 Å². The molecule has 0 fully saturated rings. The molecule has 6 nitrogen and oxygen atoms in total. The Morgan fingerprint density at radius 2 is 1.85 bits per heavy atom. The van der Waals surface area contributed by atoms with Gasteiger partial charge in [0.1, 0.15) is 6.04 Å². The van der Waals surface area contributed by atoms with Crippen molar-refractivity contribution in [2.24, 2.45) is 0 Å². The summed E-state index contributed by atoms with van der Waals surface area (Å²) in [6.45, 7) is 5.97. The number of carbonyl (C=O) groups excluding carboxylic acids is 1. The van der Waals surface area contributed by atoms with Crippen molar-refractivity contribution in [3.63, 3.8) is 0 Å². The fraction of sp³-hybridized carbons (Fsp3) is 0.278. The number of benzene rings is 1. The van der Waals surface area contributed by atoms with E-state index in [4.69, 9.17) is 34.8 Å². The Morgan fingerprint density at radius 3 is 2.48 bits per heavy atom. The molecular weight excluding hydrogens is 409 g/mol. The fourth-order valence-corrected chi connectivity index (χ4v) is 3.01. The maximum Gasteiger partial charge on any atom is 0.250 e. The zero-order valence-corrected chi connectivity index (χ0v) is 17.3. The van der Waals surface area contributed by atoms with Crippen LogP contribution in [0.5, 0.6) is 0 Å². The average Bonchev–Trinajstić information content (AvgIpc) is 3.12. The monoisotopic (exact) mass is 425 g/mol. The number of carbonyl (C=O) groups is 1. The lowest BCUT2D eigenvalue weighted by Gasteiger charge is -2.11. The predicted octanol–water partition coefficient (Wildman–Crippen LogP) is 4.90. The molecule has 0 bridgehead atoms. The first kappa shape index (κ1) is 19.7. The lowest BCUT2D eigenvalue weighted by molar-refractivity contribution is -0.119. The van der Waals surface area contributed by atoms with Crippen LogP contribution in [-0.2, 0) is 11.3 Å². The van der Waals surface area contributed by atoms with Crippen molar-refractivity contribution in [2.75, 3.05) is 5.32 Å². The Morgan fingerprint density at radius 1 is 1.11 bits per heavy atom. The predicted molar refractivity (Wildman–Crippen MR) is 108 cm³/mol. The SMILES string of the molecule is Cc1nn(C(C)C(=O)Nc2cc(C)n(Cc3ccc(Cl)c(Cl)c3)n2)cc1Cl. The summed E-state index contributed by atoms with van der Waals surface area (Å²) in [5.41, 5.74) is 2.54. The largest absolute Gasteiger partial charge is 0.307 e. The first-order chi connectivity index (χ1) is 12.7. The molecule has 1 atom stereocenters. The van der Waals surface area contributed by atoms with Crippen molar-refractivity contribution in [2.45, 2.75) is 33.4 Å². The minimum atomic E-state index is -0.517. The van der Waals surface area contributed by atoms with Crippen LogP contribution >= 0.6 is 34.8 Å². The number of nitrogens with one attached hydrogen (secondary N) is 1. The van der Waals surface area contributed by atoms with E-state index in [1.54, 1.807) is 36.9 Å². The second kappa shape index (κ2) is 7.92. The molecule has 0 radical (unpaired) electrons. The highest BCUT2D eigenvalue weighted by Gasteiger charge is 2.18. The van der Waals surface area contributed by atoms with Gasteiger partial charge in [0, 0.05) is 18.0 Å². The molecule has 1 aromatic carbocycles. The summed E-state index contributed by atoms with van der Waals surface area (Å²) >= 11 is 18.0. The van der Waals surface area contributed by atoms with Crippen LogP contribution in [-0.4, -0.2) is 25.5 Å². The lowest BCUT2D eigenvalue weighted by Crippen LogP contribution is -2.24. The summed E-state index contributed by atoms with van der Waals surface area (Å²) in [7, 11) is 0. The number of halogens is 3. The number of hydrogen-bond acceptors (Lipinski definition) is 3. The van der Waals surface area contributed by atoms with Gasteiger partial charge >= 0.3 is 0 Å². The molecule has 1 N–H and O–H groups in total. The van der Waals surface area contributed by atoms with Gasteiger partial charge in [0.25, 0.3) is 0 Å². The Bertz CT molecular complexity index is 976. The normalized spacial score (nSPS) is 12.2. The van der Waals surface area contributed by atoms with Crippen LogP contribution in [0.4, 0.5) is 5.82 Å². The first-order valence-electron chi connectivity index (χ1n) is 8.25. The molecule has 3 aromatic rings. The van der Waals surface area contributed by atoms with E-state index in [0.717, 1.165) is 11.3 Å². The van der Waals surface area contributed by atoms with Crippen LogP contribution in [0.25, 0.3) is 0 Å². The van der Waals surface area contributed by atoms with Crippen molar-refractivity contribution in [3.05, 3.63) is 62.5 Å². The third-order valence-electron chi connectivity index (χ3n) is 4.18. The van der Waals surface area contributed by atoms with Crippen molar-refractivity contribution in [1.82, 2.24) is 19.6 Å². The third kappa shape index (κ3) is 4.46. The van der Waals surface area contributed by atoms with E-state index in [9.17, 15) is 4.79 Å². The summed E-state index contributed by atoms with van der Waals surface area (Å²) in [6, 6.07) is 6.73. The highest BCUT2D eigenvalue weighted by molar-refractivity contribution is 6.42. The maximum absolute atomic E-state index is 12.5. The summed E-state index contributed by atoms with van der Waals surface area (Å²) < 4.78 is 3.32. The van der Waals surface area contributed by atoms with E-state index in [0.29, 0.717) is 33.1 Å². The van der Waals surface area contributed by atoms with E-state index in [1.807, 2.05) is 19.1 Å². The van der Waals surface area contributed by atoms with Gasteiger partial charge in [0.05, 0.1) is 27.3 Å². The fourth-order valence-electron chi connectivity index (χ4n) is 2.55. The number of aromatic nitrogens is 4. The first-order valence-corrected chi connectivity index (χ1v) is 9.38. The molecule has 0 saturated heterocycles. The van der Waals surface area contributed by atoms with Gasteiger partial charge in [-0.15, -0.1) is 0 Å². The number of aryl methyl sites for hydroxylation is 2. The number of amides is 1. The highest BCUT2D eigenvalue weighted by Crippen LogP contribution is 2.23. The van der Waals surface area contributed by atoms with Crippen LogP contribution in [0.15, 0.2) is 30.5 Å². The Balaban J connectivity index is 1.71. The molecular formula is C18H18Cl3N5O. The second-order valence-corrected chi connectivity index (χ2v) is 7.51. The van der Waals surface area contributed by atoms with Crippen molar-refractivity contribution < 1.29 is 4.79 Å². The smallest absolute Gasteiger partial charge is 0.250 e. The number of rotatable bonds is 5. The van der Waals surface area contributed by atoms with Crippen LogP contribution < -0.4 is 5.32 Å². The summed E-state index contributed by atoms with van der Waals surface area (Å²) in [6.07, 6.45) is 1.63. The minimum Gasteiger partial charge on any atom is -0.307 e. The van der Waals surface area contributed by atoms with Gasteiger partial charge in [-0.1, -0.05) is 40.9 Å². The number of hydrogen-bond donors (Lipinski definition) is 1. The molecule has 0 spiro atoms. The average molecular weight is 427 g/mol. The van der Waals surface area contributed by atoms with E-state index in [1.165, 1.54) is 4.68 Å². The molecule has 9 heteroatoms. The zero-order valence-electron chi connectivity index (χ0n) is 15.0. The third-order valence-corrected chi connectivity index (χ3v) is 5.29. The molecule has 0 aliphatic rings. The molecule has 0 aliphatic heterocycles. The quantitative estimate of drug-likeness (QED) is 0.631. The van der Waals surface area contributed by atoms with Crippen LogP contribution in [0.3, 0.4) is 0 Å². The van der Waals surface area contributed by atoms with E-state index >= 15 is 0 Å². The second-order valence-electron chi connectivity index (χ2n) is 6.28. The van der Waals surface area contributed by atoms with Gasteiger partial charge < -0.3 is 5.32 Å². The summed E-state index contributed by atoms with van der Waals surface area (Å²) in [5, 5.41) is 13.0. The number of nitrogens with zero attached hydrogens (tertiary/aromatic N) is 4. The van der Waals surface area contributed by atoms with Crippen molar-refractivity contribution >= 4 is 46.5 Å². The summed E-state index contributed by atoms with van der Waals surface area (Å²) in [4.78, 5) is 12.5. The molecule has 142 valence electrons. The van der Waals surface area contributed by atoms with Crippen LogP contribution in [0.1, 0.15) is 29.9 Å². The zero-order chi connectivity index (χ0) is 19.7. The standard InChI is InChI=1S/C18H18Cl3N5O/c1-10-6-17(22-18(27)12(3)26-9-16(21)11(2)23-26)24-25(10)8-13-4-5-14(19)15(20)7-13/h4-7,9,12H,8H2,1-3H3,(H,22,24,27). The van der Waals surface area contributed by atoms with E-state index in [-0.39, 0.29) is 5.91 Å². The van der Waals surface area contributed by atoms with E-state index < -0.39 is 6.04 Å². The van der Waals surface area contributed by atoms with Crippen LogP contribution in [0.2, 0.25) is 15.1 Å². The van der Waals surface area contributed by atoms with Gasteiger partial charge in [0.2, 0.25) is 5.91 Å². The van der Waals surface area contributed by atoms with Gasteiger partial charge in [-0.2, -0.15) is 10.2 Å². The molecule has 2 heterocycles. The Kier molecular flexibility index (Phi) is 5.79. The maximum atomic E-state index is 12.5. The number of anilines is 1. The summed E-state index contributed by atoms with van der Waals surface area (Å²) in [5.74, 6) is 0.243. The topological polar surface area (TPSA) is 64.7 Å². The molecule has 1 amide bonds. The molecule has 27 heavy (non-hydrogen) atoms. The minimum absolute atomic E-state index is 0.228. The molecule has 1 unspecified atom stereocenters.